The Labute approximate surface area is 111 Å². The van der Waals surface area contributed by atoms with Crippen molar-refractivity contribution in [2.24, 2.45) is 5.41 Å². The fourth-order valence-electron chi connectivity index (χ4n) is 2.07. The molecule has 0 bridgehead atoms. The first-order valence-corrected chi connectivity index (χ1v) is 6.12. The van der Waals surface area contributed by atoms with E-state index in [2.05, 4.69) is 4.98 Å². The summed E-state index contributed by atoms with van der Waals surface area (Å²) in [5.74, 6) is -1.01. The Morgan fingerprint density at radius 2 is 2.32 bits per heavy atom. The minimum atomic E-state index is -0.848. The smallest absolute Gasteiger partial charge is 0.311 e. The summed E-state index contributed by atoms with van der Waals surface area (Å²) in [6, 6.07) is 3.64. The van der Waals surface area contributed by atoms with Crippen molar-refractivity contribution in [3.8, 4) is 0 Å². The van der Waals surface area contributed by atoms with Crippen LogP contribution in [0.1, 0.15) is 18.9 Å². The first kappa shape index (κ1) is 13.3. The van der Waals surface area contributed by atoms with E-state index >= 15 is 0 Å². The van der Waals surface area contributed by atoms with Crippen LogP contribution in [0.25, 0.3) is 6.08 Å². The number of hydrogen-bond acceptors (Lipinski definition) is 3. The second-order valence-corrected chi connectivity index (χ2v) is 5.00. The molecule has 0 unspecified atom stereocenters. The molecule has 1 aliphatic heterocycles. The molecule has 0 spiro atoms. The number of carboxylic acid groups (broad SMARTS) is 1. The molecule has 2 rings (SSSR count). The Morgan fingerprint density at radius 1 is 1.53 bits per heavy atom. The van der Waals surface area contributed by atoms with Crippen molar-refractivity contribution >= 4 is 18.0 Å². The number of amides is 1. The van der Waals surface area contributed by atoms with Gasteiger partial charge in [-0.05, 0) is 31.1 Å². The van der Waals surface area contributed by atoms with Gasteiger partial charge in [0, 0.05) is 31.6 Å². The molecule has 0 aliphatic carbocycles. The van der Waals surface area contributed by atoms with Crippen molar-refractivity contribution in [2.75, 3.05) is 13.1 Å². The van der Waals surface area contributed by atoms with Crippen LogP contribution in [0.5, 0.6) is 0 Å². The molecule has 0 radical (unpaired) electrons. The Balaban J connectivity index is 1.99. The lowest BCUT2D eigenvalue weighted by Gasteiger charge is -2.18. The second kappa shape index (κ2) is 5.22. The number of aliphatic carboxylic acids is 1. The van der Waals surface area contributed by atoms with Crippen LogP contribution in [0.15, 0.2) is 30.6 Å². The molecular formula is C14H16N2O3. The van der Waals surface area contributed by atoms with E-state index in [-0.39, 0.29) is 12.5 Å². The lowest BCUT2D eigenvalue weighted by molar-refractivity contribution is -0.147. The highest BCUT2D eigenvalue weighted by Crippen LogP contribution is 2.30. The number of nitrogens with zero attached hydrogens (tertiary/aromatic N) is 2. The van der Waals surface area contributed by atoms with Gasteiger partial charge < -0.3 is 10.0 Å². The first-order valence-electron chi connectivity index (χ1n) is 6.12. The number of likely N-dealkylation sites (tertiary alicyclic amines) is 1. The minimum absolute atomic E-state index is 0.158. The van der Waals surface area contributed by atoms with E-state index in [1.165, 1.54) is 6.08 Å². The summed E-state index contributed by atoms with van der Waals surface area (Å²) in [6.45, 7) is 2.42. The standard InChI is InChI=1S/C14H16N2O3/c1-14(13(18)19)6-8-16(10-14)12(17)5-4-11-3-2-7-15-9-11/h2-5,7,9H,6,8,10H2,1H3,(H,18,19)/b5-4-/t14-/m1/s1. The van der Waals surface area contributed by atoms with Crippen LogP contribution >= 0.6 is 0 Å². The molecule has 1 fully saturated rings. The van der Waals surface area contributed by atoms with Gasteiger partial charge in [0.2, 0.25) is 5.91 Å². The average Bonchev–Trinajstić information content (AvgIpc) is 2.81. The zero-order valence-corrected chi connectivity index (χ0v) is 10.7. The fraction of sp³-hybridized carbons (Fsp3) is 0.357. The minimum Gasteiger partial charge on any atom is -0.481 e. The number of carbonyl (C=O) groups excluding carboxylic acids is 1. The van der Waals surface area contributed by atoms with E-state index in [0.29, 0.717) is 13.0 Å². The summed E-state index contributed by atoms with van der Waals surface area (Å²) in [7, 11) is 0. The second-order valence-electron chi connectivity index (χ2n) is 5.00. The maximum absolute atomic E-state index is 12.0. The summed E-state index contributed by atoms with van der Waals surface area (Å²) >= 11 is 0. The highest BCUT2D eigenvalue weighted by Gasteiger charge is 2.41. The molecule has 0 saturated carbocycles. The van der Waals surface area contributed by atoms with Gasteiger partial charge in [0.1, 0.15) is 0 Å². The van der Waals surface area contributed by atoms with Gasteiger partial charge in [0.25, 0.3) is 0 Å². The number of hydrogen-bond donors (Lipinski definition) is 1. The zero-order valence-electron chi connectivity index (χ0n) is 10.7. The van der Waals surface area contributed by atoms with Crippen LogP contribution in [0.4, 0.5) is 0 Å². The third kappa shape index (κ3) is 2.99. The number of pyridine rings is 1. The lowest BCUT2D eigenvalue weighted by atomic mass is 9.90. The van der Waals surface area contributed by atoms with Gasteiger partial charge >= 0.3 is 5.97 Å². The van der Waals surface area contributed by atoms with E-state index in [9.17, 15) is 9.59 Å². The average molecular weight is 260 g/mol. The Bertz CT molecular complexity index is 513. The van der Waals surface area contributed by atoms with Crippen LogP contribution in [-0.4, -0.2) is 40.0 Å². The number of aromatic nitrogens is 1. The maximum atomic E-state index is 12.0. The number of rotatable bonds is 3. The molecule has 19 heavy (non-hydrogen) atoms. The van der Waals surface area contributed by atoms with E-state index in [4.69, 9.17) is 5.11 Å². The third-order valence-corrected chi connectivity index (χ3v) is 3.40. The van der Waals surface area contributed by atoms with Crippen molar-refractivity contribution in [2.45, 2.75) is 13.3 Å². The molecule has 100 valence electrons. The quantitative estimate of drug-likeness (QED) is 0.834. The summed E-state index contributed by atoms with van der Waals surface area (Å²) < 4.78 is 0. The van der Waals surface area contributed by atoms with Gasteiger partial charge in [-0.15, -0.1) is 0 Å². The van der Waals surface area contributed by atoms with Crippen LogP contribution in [0, 0.1) is 5.41 Å². The van der Waals surface area contributed by atoms with Gasteiger partial charge in [0.05, 0.1) is 5.41 Å². The molecule has 1 aromatic heterocycles. The summed E-state index contributed by atoms with van der Waals surface area (Å²) in [6.07, 6.45) is 6.97. The van der Waals surface area contributed by atoms with Crippen LogP contribution < -0.4 is 0 Å². The fourth-order valence-corrected chi connectivity index (χ4v) is 2.07. The molecule has 1 N–H and O–H groups in total. The van der Waals surface area contributed by atoms with Gasteiger partial charge in [-0.2, -0.15) is 0 Å². The Morgan fingerprint density at radius 3 is 2.89 bits per heavy atom. The summed E-state index contributed by atoms with van der Waals surface area (Å²) in [5, 5.41) is 9.12. The molecule has 0 aromatic carbocycles. The molecule has 1 saturated heterocycles. The molecule has 1 aromatic rings. The monoisotopic (exact) mass is 260 g/mol. The Hall–Kier alpha value is -2.17. The van der Waals surface area contributed by atoms with Crippen LogP contribution in [0.2, 0.25) is 0 Å². The molecular weight excluding hydrogens is 244 g/mol. The van der Waals surface area contributed by atoms with Gasteiger partial charge in [0.15, 0.2) is 0 Å². The molecule has 5 nitrogen and oxygen atoms in total. The van der Waals surface area contributed by atoms with E-state index in [0.717, 1.165) is 5.56 Å². The molecule has 2 heterocycles. The lowest BCUT2D eigenvalue weighted by Crippen LogP contribution is -2.34. The predicted octanol–water partition coefficient (Wildman–Crippen LogP) is 1.42. The zero-order chi connectivity index (χ0) is 13.9. The van der Waals surface area contributed by atoms with Gasteiger partial charge in [-0.25, -0.2) is 0 Å². The van der Waals surface area contributed by atoms with Crippen LogP contribution in [0.3, 0.4) is 0 Å². The normalized spacial score (nSPS) is 22.9. The summed E-state index contributed by atoms with van der Waals surface area (Å²) in [4.78, 5) is 28.6. The van der Waals surface area contributed by atoms with Crippen LogP contribution in [-0.2, 0) is 9.59 Å². The Kier molecular flexibility index (Phi) is 3.64. The first-order chi connectivity index (χ1) is 9.01. The molecule has 5 heteroatoms. The predicted molar refractivity (Wildman–Crippen MR) is 70.2 cm³/mol. The van der Waals surface area contributed by atoms with Crippen molar-refractivity contribution in [3.05, 3.63) is 36.2 Å². The third-order valence-electron chi connectivity index (χ3n) is 3.40. The number of carboxylic acids is 1. The summed E-state index contributed by atoms with van der Waals surface area (Å²) in [5.41, 5.74) is 0.0219. The highest BCUT2D eigenvalue weighted by atomic mass is 16.4. The molecule has 1 aliphatic rings. The van der Waals surface area contributed by atoms with Gasteiger partial charge in [-0.3, -0.25) is 14.6 Å². The molecule has 1 atom stereocenters. The topological polar surface area (TPSA) is 70.5 Å². The van der Waals surface area contributed by atoms with Crippen molar-refractivity contribution in [1.29, 1.82) is 0 Å². The van der Waals surface area contributed by atoms with Crippen molar-refractivity contribution in [3.63, 3.8) is 0 Å². The largest absolute Gasteiger partial charge is 0.481 e. The van der Waals surface area contributed by atoms with Crippen molar-refractivity contribution < 1.29 is 14.7 Å². The maximum Gasteiger partial charge on any atom is 0.311 e. The van der Waals surface area contributed by atoms with Gasteiger partial charge in [-0.1, -0.05) is 6.07 Å². The van der Waals surface area contributed by atoms with E-state index in [1.807, 2.05) is 6.07 Å². The number of carbonyl (C=O) groups is 2. The van der Waals surface area contributed by atoms with Crippen molar-refractivity contribution in [1.82, 2.24) is 9.88 Å². The molecule has 1 amide bonds. The highest BCUT2D eigenvalue weighted by molar-refractivity contribution is 5.92. The van der Waals surface area contributed by atoms with E-state index < -0.39 is 11.4 Å². The van der Waals surface area contributed by atoms with E-state index in [1.54, 1.807) is 36.4 Å². The SMILES string of the molecule is C[C@@]1(C(=O)O)CCN(C(=O)/C=C\c2cccnc2)C1.